The van der Waals surface area contributed by atoms with Crippen molar-refractivity contribution >= 4 is 17.8 Å². The normalized spacial score (nSPS) is 27.8. The number of carbonyl (C=O) groups excluding carboxylic acids is 1. The number of benzene rings is 1. The fourth-order valence-electron chi connectivity index (χ4n) is 3.99. The van der Waals surface area contributed by atoms with Crippen LogP contribution in [0.1, 0.15) is 31.7 Å². The lowest BCUT2D eigenvalue weighted by atomic mass is 9.76. The molecule has 1 heterocycles. The van der Waals surface area contributed by atoms with Gasteiger partial charge >= 0.3 is 11.9 Å². The predicted octanol–water partition coefficient (Wildman–Crippen LogP) is -0.459. The standard InChI is InChI=1S/C21H29NO9/c1-12(24)22-16-14(19(27)28)10-21(20(29)30,31-18(16)17(26)15(25)11-23)9-5-8-13-6-3-2-4-7-13/h2-4,6-7,14-18,23,25-26H,5,8-11H2,1H3,(H,22,24)(H,27,28)(H,29,30)/t14-,15+,16+,17+,18+,21+/m0/s1. The molecular formula is C21H29NO9. The van der Waals surface area contributed by atoms with Crippen molar-refractivity contribution in [2.75, 3.05) is 6.61 Å². The van der Waals surface area contributed by atoms with E-state index in [4.69, 9.17) is 4.74 Å². The van der Waals surface area contributed by atoms with Crippen LogP contribution in [0.4, 0.5) is 0 Å². The van der Waals surface area contributed by atoms with E-state index in [1.54, 1.807) is 0 Å². The first-order valence-corrected chi connectivity index (χ1v) is 10.0. The molecular weight excluding hydrogens is 410 g/mol. The Morgan fingerprint density at radius 1 is 1.19 bits per heavy atom. The van der Waals surface area contributed by atoms with Crippen molar-refractivity contribution in [2.45, 2.75) is 62.6 Å². The molecule has 172 valence electrons. The van der Waals surface area contributed by atoms with Crippen molar-refractivity contribution in [1.82, 2.24) is 5.32 Å². The summed E-state index contributed by atoms with van der Waals surface area (Å²) in [5.74, 6) is -4.77. The highest BCUT2D eigenvalue weighted by Gasteiger charge is 2.56. The first-order valence-electron chi connectivity index (χ1n) is 10.0. The highest BCUT2D eigenvalue weighted by atomic mass is 16.6. The van der Waals surface area contributed by atoms with Crippen molar-refractivity contribution in [3.8, 4) is 0 Å². The second kappa shape index (κ2) is 10.7. The van der Waals surface area contributed by atoms with Crippen LogP contribution in [0.3, 0.4) is 0 Å². The molecule has 0 unspecified atom stereocenters. The van der Waals surface area contributed by atoms with Gasteiger partial charge in [-0.3, -0.25) is 9.59 Å². The van der Waals surface area contributed by atoms with E-state index in [0.717, 1.165) is 12.5 Å². The summed E-state index contributed by atoms with van der Waals surface area (Å²) in [5, 5.41) is 51.7. The van der Waals surface area contributed by atoms with Gasteiger partial charge in [0.05, 0.1) is 18.6 Å². The topological polar surface area (TPSA) is 174 Å². The molecule has 1 aromatic rings. The number of amides is 1. The lowest BCUT2D eigenvalue weighted by Gasteiger charge is -2.47. The minimum atomic E-state index is -1.95. The van der Waals surface area contributed by atoms with E-state index in [1.165, 1.54) is 0 Å². The molecule has 0 bridgehead atoms. The smallest absolute Gasteiger partial charge is 0.336 e. The zero-order valence-corrected chi connectivity index (χ0v) is 17.2. The van der Waals surface area contributed by atoms with E-state index in [-0.39, 0.29) is 6.42 Å². The van der Waals surface area contributed by atoms with E-state index in [9.17, 15) is 39.9 Å². The average Bonchev–Trinajstić information content (AvgIpc) is 2.73. The summed E-state index contributed by atoms with van der Waals surface area (Å²) in [6.07, 6.45) is -4.70. The molecule has 0 radical (unpaired) electrons. The van der Waals surface area contributed by atoms with Gasteiger partial charge in [-0.05, 0) is 24.8 Å². The fourth-order valence-corrected chi connectivity index (χ4v) is 3.99. The number of aryl methyl sites for hydroxylation is 1. The van der Waals surface area contributed by atoms with Gasteiger partial charge in [0, 0.05) is 13.3 Å². The Morgan fingerprint density at radius 3 is 2.35 bits per heavy atom. The maximum absolute atomic E-state index is 12.2. The molecule has 0 saturated carbocycles. The van der Waals surface area contributed by atoms with Crippen LogP contribution >= 0.6 is 0 Å². The molecule has 1 aromatic carbocycles. The maximum atomic E-state index is 12.2. The second-order valence-corrected chi connectivity index (χ2v) is 7.84. The average molecular weight is 439 g/mol. The third-order valence-corrected chi connectivity index (χ3v) is 5.58. The number of hydrogen-bond donors (Lipinski definition) is 6. The maximum Gasteiger partial charge on any atom is 0.336 e. The molecule has 1 aliphatic heterocycles. The van der Waals surface area contributed by atoms with Crippen LogP contribution in [0, 0.1) is 5.92 Å². The molecule has 6 atom stereocenters. The number of rotatable bonds is 10. The van der Waals surface area contributed by atoms with Gasteiger partial charge in [-0.1, -0.05) is 30.3 Å². The Labute approximate surface area is 179 Å². The number of carboxylic acid groups (broad SMARTS) is 2. The number of aliphatic hydroxyl groups is 3. The first kappa shape index (κ1) is 24.7. The van der Waals surface area contributed by atoms with Gasteiger partial charge in [-0.2, -0.15) is 0 Å². The lowest BCUT2D eigenvalue weighted by Crippen LogP contribution is -2.66. The summed E-state index contributed by atoms with van der Waals surface area (Å²) in [6, 6.07) is 8.01. The molecule has 10 heteroatoms. The number of carbonyl (C=O) groups is 3. The third-order valence-electron chi connectivity index (χ3n) is 5.58. The predicted molar refractivity (Wildman–Crippen MR) is 107 cm³/mol. The summed E-state index contributed by atoms with van der Waals surface area (Å²) in [5.41, 5.74) is -0.981. The largest absolute Gasteiger partial charge is 0.481 e. The van der Waals surface area contributed by atoms with Crippen LogP contribution in [-0.4, -0.2) is 79.9 Å². The van der Waals surface area contributed by atoms with E-state index in [1.807, 2.05) is 30.3 Å². The highest BCUT2D eigenvalue weighted by molar-refractivity contribution is 5.81. The highest BCUT2D eigenvalue weighted by Crippen LogP contribution is 2.39. The number of ether oxygens (including phenoxy) is 1. The van der Waals surface area contributed by atoms with Crippen molar-refractivity contribution < 1.29 is 44.7 Å². The molecule has 1 amide bonds. The number of nitrogens with one attached hydrogen (secondary N) is 1. The van der Waals surface area contributed by atoms with E-state index in [0.29, 0.717) is 12.8 Å². The summed E-state index contributed by atoms with van der Waals surface area (Å²) in [6.45, 7) is 0.281. The van der Waals surface area contributed by atoms with E-state index >= 15 is 0 Å². The Kier molecular flexibility index (Phi) is 8.52. The molecule has 1 aliphatic rings. The molecule has 6 N–H and O–H groups in total. The monoisotopic (exact) mass is 439 g/mol. The number of hydrogen-bond acceptors (Lipinski definition) is 7. The molecule has 31 heavy (non-hydrogen) atoms. The summed E-state index contributed by atoms with van der Waals surface area (Å²) >= 11 is 0. The molecule has 2 rings (SSSR count). The van der Waals surface area contributed by atoms with Crippen molar-refractivity contribution in [3.63, 3.8) is 0 Å². The lowest BCUT2D eigenvalue weighted by molar-refractivity contribution is -0.225. The van der Waals surface area contributed by atoms with Gasteiger partial charge in [0.2, 0.25) is 5.91 Å². The molecule has 10 nitrogen and oxygen atoms in total. The number of carboxylic acids is 2. The summed E-state index contributed by atoms with van der Waals surface area (Å²) in [7, 11) is 0. The molecule has 1 saturated heterocycles. The van der Waals surface area contributed by atoms with Gasteiger partial charge in [-0.25, -0.2) is 4.79 Å². The summed E-state index contributed by atoms with van der Waals surface area (Å²) in [4.78, 5) is 35.8. The van der Waals surface area contributed by atoms with Gasteiger partial charge in [0.25, 0.3) is 0 Å². The Morgan fingerprint density at radius 2 is 1.84 bits per heavy atom. The quantitative estimate of drug-likeness (QED) is 0.282. The Balaban J connectivity index is 2.35. The van der Waals surface area contributed by atoms with E-state index in [2.05, 4.69) is 5.32 Å². The van der Waals surface area contributed by atoms with Gasteiger partial charge in [0.1, 0.15) is 18.3 Å². The van der Waals surface area contributed by atoms with Crippen molar-refractivity contribution in [2.24, 2.45) is 5.92 Å². The SMILES string of the molecule is CC(=O)N[C@H]1[C@H]([C@H](O)[C@H](O)CO)O[C@@](CCCc2ccccc2)(C(=O)O)C[C@@H]1C(=O)O. The molecule has 0 aromatic heterocycles. The number of aliphatic hydroxyl groups excluding tert-OH is 3. The Hall–Kier alpha value is -2.53. The minimum absolute atomic E-state index is 0.0494. The van der Waals surface area contributed by atoms with Gasteiger partial charge < -0.3 is 35.6 Å². The van der Waals surface area contributed by atoms with Crippen LogP contribution < -0.4 is 5.32 Å². The number of aliphatic carboxylic acids is 2. The zero-order valence-electron chi connectivity index (χ0n) is 17.2. The van der Waals surface area contributed by atoms with E-state index < -0.39 is 66.7 Å². The first-order chi connectivity index (χ1) is 14.6. The molecule has 0 spiro atoms. The van der Waals surface area contributed by atoms with Crippen molar-refractivity contribution in [1.29, 1.82) is 0 Å². The molecule has 1 fully saturated rings. The zero-order chi connectivity index (χ0) is 23.2. The van der Waals surface area contributed by atoms with Crippen LogP contribution in [0.15, 0.2) is 30.3 Å². The van der Waals surface area contributed by atoms with Gasteiger partial charge in [0.15, 0.2) is 5.60 Å². The summed E-state index contributed by atoms with van der Waals surface area (Å²) < 4.78 is 5.75. The van der Waals surface area contributed by atoms with Crippen LogP contribution in [0.5, 0.6) is 0 Å². The van der Waals surface area contributed by atoms with Crippen LogP contribution in [0.2, 0.25) is 0 Å². The Bertz CT molecular complexity index is 771. The van der Waals surface area contributed by atoms with Crippen molar-refractivity contribution in [3.05, 3.63) is 35.9 Å². The second-order valence-electron chi connectivity index (χ2n) is 7.84. The minimum Gasteiger partial charge on any atom is -0.481 e. The van der Waals surface area contributed by atoms with Gasteiger partial charge in [-0.15, -0.1) is 0 Å². The molecule has 0 aliphatic carbocycles. The van der Waals surface area contributed by atoms with Crippen LogP contribution in [-0.2, 0) is 25.5 Å². The fraction of sp³-hybridized carbons (Fsp3) is 0.571. The van der Waals surface area contributed by atoms with Crippen LogP contribution in [0.25, 0.3) is 0 Å². The third kappa shape index (κ3) is 6.01.